The summed E-state index contributed by atoms with van der Waals surface area (Å²) in [6.07, 6.45) is 7.03. The fraction of sp³-hybridized carbons (Fsp3) is 0.600. The molecule has 4 heterocycles. The van der Waals surface area contributed by atoms with Gasteiger partial charge in [-0.15, -0.1) is 10.2 Å². The summed E-state index contributed by atoms with van der Waals surface area (Å²) in [5.41, 5.74) is 2.09. The van der Waals surface area contributed by atoms with E-state index in [1.54, 1.807) is 12.7 Å². The van der Waals surface area contributed by atoms with Crippen molar-refractivity contribution in [1.29, 1.82) is 0 Å². The number of rotatable bonds is 3. The Bertz CT molecular complexity index is 674. The van der Waals surface area contributed by atoms with Gasteiger partial charge in [0.1, 0.15) is 12.7 Å². The lowest BCUT2D eigenvalue weighted by molar-refractivity contribution is -0.136. The number of ether oxygens (including phenoxy) is 1. The summed E-state index contributed by atoms with van der Waals surface area (Å²) >= 11 is 0. The van der Waals surface area contributed by atoms with E-state index in [4.69, 9.17) is 4.74 Å². The molecule has 23 heavy (non-hydrogen) atoms. The van der Waals surface area contributed by atoms with Crippen molar-refractivity contribution in [2.24, 2.45) is 5.92 Å². The average Bonchev–Trinajstić information content (AvgIpc) is 3.29. The third-order valence-corrected chi connectivity index (χ3v) is 4.59. The van der Waals surface area contributed by atoms with Crippen molar-refractivity contribution in [3.05, 3.63) is 30.4 Å². The van der Waals surface area contributed by atoms with Crippen LogP contribution in [-0.4, -0.2) is 54.9 Å². The second-order valence-corrected chi connectivity index (χ2v) is 6.14. The zero-order chi connectivity index (χ0) is 15.6. The van der Waals surface area contributed by atoms with Gasteiger partial charge in [0, 0.05) is 19.7 Å². The zero-order valence-corrected chi connectivity index (χ0v) is 13.0. The number of nitrogens with zero attached hydrogens (tertiary/aromatic N) is 6. The van der Waals surface area contributed by atoms with Crippen LogP contribution in [0.3, 0.4) is 0 Å². The van der Waals surface area contributed by atoms with E-state index < -0.39 is 0 Å². The van der Waals surface area contributed by atoms with E-state index in [0.717, 1.165) is 37.3 Å². The van der Waals surface area contributed by atoms with E-state index in [1.165, 1.54) is 0 Å². The first-order valence-corrected chi connectivity index (χ1v) is 8.03. The Morgan fingerprint density at radius 1 is 1.26 bits per heavy atom. The Morgan fingerprint density at radius 3 is 2.91 bits per heavy atom. The van der Waals surface area contributed by atoms with Crippen LogP contribution in [0.25, 0.3) is 0 Å². The van der Waals surface area contributed by atoms with Crippen molar-refractivity contribution in [3.8, 4) is 0 Å². The SMILES string of the molecule is O=C([C@H]1CCOC1)N1CCCn2cnc(Cn3cnnc3)c2C1. The molecule has 1 atom stereocenters. The molecule has 1 saturated heterocycles. The third kappa shape index (κ3) is 2.86. The third-order valence-electron chi connectivity index (χ3n) is 4.59. The van der Waals surface area contributed by atoms with E-state index in [-0.39, 0.29) is 11.8 Å². The summed E-state index contributed by atoms with van der Waals surface area (Å²) < 4.78 is 9.43. The van der Waals surface area contributed by atoms with Gasteiger partial charge in [0.05, 0.1) is 43.3 Å². The first-order chi connectivity index (χ1) is 11.3. The summed E-state index contributed by atoms with van der Waals surface area (Å²) in [6.45, 7) is 4.19. The number of carbonyl (C=O) groups is 1. The molecule has 8 nitrogen and oxygen atoms in total. The highest BCUT2D eigenvalue weighted by atomic mass is 16.5. The van der Waals surface area contributed by atoms with E-state index in [9.17, 15) is 4.79 Å². The summed E-state index contributed by atoms with van der Waals surface area (Å²) in [6, 6.07) is 0. The molecule has 0 bridgehead atoms. The molecule has 1 fully saturated rings. The lowest BCUT2D eigenvalue weighted by Crippen LogP contribution is -2.36. The quantitative estimate of drug-likeness (QED) is 0.813. The van der Waals surface area contributed by atoms with Crippen molar-refractivity contribution in [1.82, 2.24) is 29.2 Å². The molecule has 0 radical (unpaired) electrons. The highest BCUT2D eigenvalue weighted by Gasteiger charge is 2.30. The lowest BCUT2D eigenvalue weighted by Gasteiger charge is -2.23. The van der Waals surface area contributed by atoms with Crippen LogP contribution < -0.4 is 0 Å². The van der Waals surface area contributed by atoms with Gasteiger partial charge in [-0.1, -0.05) is 0 Å². The molecule has 1 amide bonds. The molecule has 122 valence electrons. The normalized spacial score (nSPS) is 21.2. The standard InChI is InChI=1S/C15H20N6O2/c22-15(12-2-5-23-8-12)20-3-1-4-21-9-16-13(14(21)7-20)6-19-10-17-18-11-19/h9-12H,1-8H2/t12-/m0/s1. The minimum Gasteiger partial charge on any atom is -0.381 e. The Morgan fingerprint density at radius 2 is 2.13 bits per heavy atom. The molecule has 4 rings (SSSR count). The van der Waals surface area contributed by atoms with Gasteiger partial charge >= 0.3 is 0 Å². The number of aromatic nitrogens is 5. The number of carbonyl (C=O) groups excluding carboxylic acids is 1. The molecule has 0 aliphatic carbocycles. The fourth-order valence-electron chi connectivity index (χ4n) is 3.30. The minimum absolute atomic E-state index is 0.0192. The number of hydrogen-bond donors (Lipinski definition) is 0. The predicted molar refractivity (Wildman–Crippen MR) is 80.3 cm³/mol. The molecule has 2 aliphatic rings. The molecular weight excluding hydrogens is 296 g/mol. The van der Waals surface area contributed by atoms with Crippen LogP contribution in [0.15, 0.2) is 19.0 Å². The average molecular weight is 316 g/mol. The Balaban J connectivity index is 1.55. The van der Waals surface area contributed by atoms with Crippen LogP contribution >= 0.6 is 0 Å². The van der Waals surface area contributed by atoms with Crippen molar-refractivity contribution in [3.63, 3.8) is 0 Å². The van der Waals surface area contributed by atoms with E-state index >= 15 is 0 Å². The van der Waals surface area contributed by atoms with E-state index in [2.05, 4.69) is 19.7 Å². The summed E-state index contributed by atoms with van der Waals surface area (Å²) in [4.78, 5) is 19.2. The zero-order valence-electron chi connectivity index (χ0n) is 13.0. The molecule has 2 aliphatic heterocycles. The molecule has 8 heteroatoms. The monoisotopic (exact) mass is 316 g/mol. The number of aryl methyl sites for hydroxylation is 1. The summed E-state index contributed by atoms with van der Waals surface area (Å²) in [5, 5.41) is 7.66. The molecule has 0 spiro atoms. The van der Waals surface area contributed by atoms with Gasteiger partial charge in [-0.2, -0.15) is 0 Å². The van der Waals surface area contributed by atoms with Crippen molar-refractivity contribution >= 4 is 5.91 Å². The van der Waals surface area contributed by atoms with Crippen molar-refractivity contribution in [2.75, 3.05) is 19.8 Å². The maximum Gasteiger partial charge on any atom is 0.228 e. The second-order valence-electron chi connectivity index (χ2n) is 6.14. The highest BCUT2D eigenvalue weighted by molar-refractivity contribution is 5.79. The first-order valence-electron chi connectivity index (χ1n) is 8.03. The number of amides is 1. The molecule has 2 aromatic heterocycles. The van der Waals surface area contributed by atoms with E-state index in [1.807, 2.05) is 15.8 Å². The number of imidazole rings is 1. The first kappa shape index (κ1) is 14.4. The largest absolute Gasteiger partial charge is 0.381 e. The van der Waals surface area contributed by atoms with Gasteiger partial charge in [0.25, 0.3) is 0 Å². The van der Waals surface area contributed by atoms with E-state index in [0.29, 0.717) is 26.3 Å². The summed E-state index contributed by atoms with van der Waals surface area (Å²) in [5.74, 6) is 0.234. The molecule has 0 N–H and O–H groups in total. The van der Waals surface area contributed by atoms with Gasteiger partial charge in [-0.25, -0.2) is 4.98 Å². The molecule has 0 aromatic carbocycles. The van der Waals surface area contributed by atoms with Gasteiger partial charge in [0.15, 0.2) is 0 Å². The Hall–Kier alpha value is -2.22. The smallest absolute Gasteiger partial charge is 0.228 e. The molecule has 0 saturated carbocycles. The maximum absolute atomic E-state index is 12.7. The van der Waals surface area contributed by atoms with Crippen LogP contribution in [0.4, 0.5) is 0 Å². The number of fused-ring (bicyclic) bond motifs is 1. The van der Waals surface area contributed by atoms with Gasteiger partial charge in [0.2, 0.25) is 5.91 Å². The van der Waals surface area contributed by atoms with Gasteiger partial charge < -0.3 is 18.8 Å². The number of hydrogen-bond acceptors (Lipinski definition) is 5. The molecule has 2 aromatic rings. The van der Waals surface area contributed by atoms with Crippen LogP contribution in [0.5, 0.6) is 0 Å². The maximum atomic E-state index is 12.7. The second kappa shape index (κ2) is 6.11. The predicted octanol–water partition coefficient (Wildman–Crippen LogP) is 0.292. The lowest BCUT2D eigenvalue weighted by atomic mass is 10.1. The molecule has 0 unspecified atom stereocenters. The minimum atomic E-state index is 0.0192. The Kier molecular flexibility index (Phi) is 3.82. The van der Waals surface area contributed by atoms with Crippen LogP contribution in [-0.2, 0) is 29.2 Å². The van der Waals surface area contributed by atoms with Crippen LogP contribution in [0, 0.1) is 5.92 Å². The highest BCUT2D eigenvalue weighted by Crippen LogP contribution is 2.21. The topological polar surface area (TPSA) is 78.1 Å². The van der Waals surface area contributed by atoms with Crippen molar-refractivity contribution < 1.29 is 9.53 Å². The van der Waals surface area contributed by atoms with Crippen LogP contribution in [0.1, 0.15) is 24.2 Å². The van der Waals surface area contributed by atoms with Gasteiger partial charge in [-0.05, 0) is 12.8 Å². The van der Waals surface area contributed by atoms with Crippen LogP contribution in [0.2, 0.25) is 0 Å². The molecular formula is C15H20N6O2. The van der Waals surface area contributed by atoms with Gasteiger partial charge in [-0.3, -0.25) is 4.79 Å². The Labute approximate surface area is 134 Å². The fourth-order valence-corrected chi connectivity index (χ4v) is 3.30. The summed E-state index contributed by atoms with van der Waals surface area (Å²) in [7, 11) is 0. The van der Waals surface area contributed by atoms with Crippen molar-refractivity contribution in [2.45, 2.75) is 32.5 Å².